The largest absolute Gasteiger partial charge is 0.350 e. The third-order valence-electron chi connectivity index (χ3n) is 5.30. The summed E-state index contributed by atoms with van der Waals surface area (Å²) in [5.41, 5.74) is 0.722. The highest BCUT2D eigenvalue weighted by molar-refractivity contribution is 6.04. The lowest BCUT2D eigenvalue weighted by atomic mass is 9.89. The van der Waals surface area contributed by atoms with Crippen molar-refractivity contribution in [3.05, 3.63) is 70.6 Å². The minimum absolute atomic E-state index is 0.221. The average Bonchev–Trinajstić information content (AvgIpc) is 2.74. The second-order valence-electron chi connectivity index (χ2n) is 7.16. The molecule has 3 aromatic rings. The van der Waals surface area contributed by atoms with Crippen molar-refractivity contribution in [2.45, 2.75) is 32.1 Å². The van der Waals surface area contributed by atoms with Crippen molar-refractivity contribution in [1.82, 2.24) is 15.1 Å². The van der Waals surface area contributed by atoms with E-state index >= 15 is 0 Å². The van der Waals surface area contributed by atoms with E-state index in [-0.39, 0.29) is 11.5 Å². The van der Waals surface area contributed by atoms with Crippen LogP contribution >= 0.6 is 0 Å². The third kappa shape index (κ3) is 3.63. The van der Waals surface area contributed by atoms with Crippen molar-refractivity contribution < 1.29 is 4.79 Å². The first kappa shape index (κ1) is 17.5. The fourth-order valence-corrected chi connectivity index (χ4v) is 3.81. The number of amides is 1. The molecule has 138 valence electrons. The Bertz CT molecular complexity index is 1000. The van der Waals surface area contributed by atoms with E-state index in [4.69, 9.17) is 0 Å². The lowest BCUT2D eigenvalue weighted by Crippen LogP contribution is -2.33. The summed E-state index contributed by atoms with van der Waals surface area (Å²) in [6, 6.07) is 16.4. The lowest BCUT2D eigenvalue weighted by Gasteiger charge is -2.21. The van der Waals surface area contributed by atoms with Crippen LogP contribution in [0.15, 0.2) is 59.4 Å². The summed E-state index contributed by atoms with van der Waals surface area (Å²) in [5, 5.41) is 8.56. The molecule has 27 heavy (non-hydrogen) atoms. The van der Waals surface area contributed by atoms with Gasteiger partial charge in [0.25, 0.3) is 11.5 Å². The number of nitrogens with one attached hydrogen (secondary N) is 1. The van der Waals surface area contributed by atoms with E-state index in [1.54, 1.807) is 12.1 Å². The van der Waals surface area contributed by atoms with Crippen molar-refractivity contribution in [2.24, 2.45) is 5.92 Å². The predicted octanol–water partition coefficient (Wildman–Crippen LogP) is 3.70. The molecule has 5 heteroatoms. The van der Waals surface area contributed by atoms with Gasteiger partial charge in [-0.25, -0.2) is 0 Å². The molecule has 4 rings (SSSR count). The third-order valence-corrected chi connectivity index (χ3v) is 5.30. The monoisotopic (exact) mass is 361 g/mol. The van der Waals surface area contributed by atoms with Crippen LogP contribution in [-0.4, -0.2) is 22.2 Å². The Balaban J connectivity index is 1.71. The Morgan fingerprint density at radius 3 is 2.37 bits per heavy atom. The van der Waals surface area contributed by atoms with Gasteiger partial charge in [0.05, 0.1) is 11.1 Å². The summed E-state index contributed by atoms with van der Waals surface area (Å²) < 4.78 is 1.32. The topological polar surface area (TPSA) is 64.0 Å². The van der Waals surface area contributed by atoms with Gasteiger partial charge in [0.1, 0.15) is 0 Å². The van der Waals surface area contributed by atoms with Gasteiger partial charge in [-0.1, -0.05) is 55.7 Å². The van der Waals surface area contributed by atoms with Crippen LogP contribution in [0.5, 0.6) is 0 Å². The molecule has 2 aromatic carbocycles. The maximum atomic E-state index is 12.9. The van der Waals surface area contributed by atoms with Gasteiger partial charge in [-0.2, -0.15) is 9.78 Å². The van der Waals surface area contributed by atoms with Gasteiger partial charge in [-0.3, -0.25) is 9.59 Å². The molecule has 0 saturated heterocycles. The molecule has 0 aliphatic heterocycles. The molecule has 1 aromatic heterocycles. The molecule has 0 radical (unpaired) electrons. The predicted molar refractivity (Wildman–Crippen MR) is 106 cm³/mol. The van der Waals surface area contributed by atoms with Crippen molar-refractivity contribution >= 4 is 16.7 Å². The van der Waals surface area contributed by atoms with Crippen molar-refractivity contribution in [3.63, 3.8) is 0 Å². The van der Waals surface area contributed by atoms with Crippen molar-refractivity contribution in [2.75, 3.05) is 6.54 Å². The van der Waals surface area contributed by atoms with Crippen LogP contribution in [0.3, 0.4) is 0 Å². The molecule has 1 N–H and O–H groups in total. The summed E-state index contributed by atoms with van der Waals surface area (Å²) in [4.78, 5) is 25.8. The van der Waals surface area contributed by atoms with Crippen LogP contribution in [0.25, 0.3) is 16.5 Å². The minimum Gasteiger partial charge on any atom is -0.350 e. The molecule has 0 bridgehead atoms. The van der Waals surface area contributed by atoms with Crippen LogP contribution in [0.1, 0.15) is 42.6 Å². The number of fused-ring (bicyclic) bond motifs is 1. The standard InChI is InChI=1S/C22H23N3O2/c26-21(23-15-16-9-3-1-4-10-16)20-18-13-7-8-14-19(18)22(27)25(24-20)17-11-5-2-6-12-17/h2,5-8,11-14,16H,1,3-4,9-10,15H2,(H,23,26). The van der Waals surface area contributed by atoms with E-state index in [9.17, 15) is 9.59 Å². The summed E-state index contributed by atoms with van der Waals surface area (Å²) >= 11 is 0. The molecular formula is C22H23N3O2. The molecule has 1 saturated carbocycles. The smallest absolute Gasteiger partial charge is 0.279 e. The summed E-state index contributed by atoms with van der Waals surface area (Å²) in [7, 11) is 0. The maximum Gasteiger partial charge on any atom is 0.279 e. The Morgan fingerprint density at radius 1 is 0.963 bits per heavy atom. The van der Waals surface area contributed by atoms with Gasteiger partial charge in [-0.05, 0) is 37.0 Å². The average molecular weight is 361 g/mol. The fourth-order valence-electron chi connectivity index (χ4n) is 3.81. The Hall–Kier alpha value is -2.95. The number of para-hydroxylation sites is 1. The second-order valence-corrected chi connectivity index (χ2v) is 7.16. The molecule has 1 aliphatic carbocycles. The summed E-state index contributed by atoms with van der Waals surface area (Å²) in [6.45, 7) is 0.666. The zero-order chi connectivity index (χ0) is 18.6. The number of carbonyl (C=O) groups is 1. The molecule has 1 heterocycles. The zero-order valence-corrected chi connectivity index (χ0v) is 15.2. The van der Waals surface area contributed by atoms with Gasteiger partial charge in [-0.15, -0.1) is 0 Å². The van der Waals surface area contributed by atoms with Gasteiger partial charge in [0.15, 0.2) is 5.69 Å². The highest BCUT2D eigenvalue weighted by Crippen LogP contribution is 2.23. The van der Waals surface area contributed by atoms with E-state index in [0.29, 0.717) is 34.6 Å². The van der Waals surface area contributed by atoms with Gasteiger partial charge < -0.3 is 5.32 Å². The number of hydrogen-bond donors (Lipinski definition) is 1. The Morgan fingerprint density at radius 2 is 1.63 bits per heavy atom. The van der Waals surface area contributed by atoms with Gasteiger partial charge >= 0.3 is 0 Å². The molecule has 5 nitrogen and oxygen atoms in total. The lowest BCUT2D eigenvalue weighted by molar-refractivity contribution is 0.0938. The first-order chi connectivity index (χ1) is 13.2. The van der Waals surface area contributed by atoms with E-state index in [2.05, 4.69) is 10.4 Å². The number of hydrogen-bond acceptors (Lipinski definition) is 3. The molecule has 1 amide bonds. The van der Waals surface area contributed by atoms with Crippen LogP contribution in [-0.2, 0) is 0 Å². The molecular weight excluding hydrogens is 338 g/mol. The zero-order valence-electron chi connectivity index (χ0n) is 15.2. The highest BCUT2D eigenvalue weighted by Gasteiger charge is 2.19. The molecule has 0 atom stereocenters. The number of carbonyl (C=O) groups excluding carboxylic acids is 1. The highest BCUT2D eigenvalue weighted by atomic mass is 16.2. The van der Waals surface area contributed by atoms with Crippen LogP contribution in [0.2, 0.25) is 0 Å². The van der Waals surface area contributed by atoms with E-state index in [0.717, 1.165) is 12.8 Å². The quantitative estimate of drug-likeness (QED) is 0.771. The van der Waals surface area contributed by atoms with Gasteiger partial charge in [0, 0.05) is 11.9 Å². The Labute approximate surface area is 158 Å². The van der Waals surface area contributed by atoms with Crippen molar-refractivity contribution in [3.8, 4) is 5.69 Å². The SMILES string of the molecule is O=C(NCC1CCCCC1)c1nn(-c2ccccc2)c(=O)c2ccccc12. The van der Waals surface area contributed by atoms with Gasteiger partial charge in [0.2, 0.25) is 0 Å². The van der Waals surface area contributed by atoms with Crippen LogP contribution in [0, 0.1) is 5.92 Å². The van der Waals surface area contributed by atoms with Crippen LogP contribution < -0.4 is 10.9 Å². The molecule has 0 spiro atoms. The number of rotatable bonds is 4. The van der Waals surface area contributed by atoms with Crippen LogP contribution in [0.4, 0.5) is 0 Å². The second kappa shape index (κ2) is 7.74. The fraction of sp³-hybridized carbons (Fsp3) is 0.318. The normalized spacial score (nSPS) is 15.0. The number of aromatic nitrogens is 2. The van der Waals surface area contributed by atoms with E-state index in [1.807, 2.05) is 42.5 Å². The maximum absolute atomic E-state index is 12.9. The minimum atomic E-state index is -0.222. The Kier molecular flexibility index (Phi) is 5.01. The summed E-state index contributed by atoms with van der Waals surface area (Å²) in [6.07, 6.45) is 6.09. The summed E-state index contributed by atoms with van der Waals surface area (Å²) in [5.74, 6) is 0.315. The molecule has 0 unspecified atom stereocenters. The van der Waals surface area contributed by atoms with E-state index < -0.39 is 0 Å². The first-order valence-electron chi connectivity index (χ1n) is 9.60. The number of nitrogens with zero attached hydrogens (tertiary/aromatic N) is 2. The van der Waals surface area contributed by atoms with Crippen molar-refractivity contribution in [1.29, 1.82) is 0 Å². The number of benzene rings is 2. The molecule has 1 fully saturated rings. The molecule has 1 aliphatic rings. The first-order valence-corrected chi connectivity index (χ1v) is 9.60. The van der Waals surface area contributed by atoms with E-state index in [1.165, 1.54) is 23.9 Å².